The van der Waals surface area contributed by atoms with Crippen LogP contribution in [0.25, 0.3) is 22.2 Å². The number of methoxy groups -OCH3 is 1. The van der Waals surface area contributed by atoms with Gasteiger partial charge in [0, 0.05) is 36.1 Å². The molecule has 0 unspecified atom stereocenters. The molecule has 1 aromatic heterocycles. The van der Waals surface area contributed by atoms with Gasteiger partial charge in [-0.15, -0.1) is 0 Å². The zero-order valence-electron chi connectivity index (χ0n) is 17.5. The molecular weight excluding hydrogens is 419 g/mol. The molecule has 1 fully saturated rings. The molecule has 1 aliphatic rings. The highest BCUT2D eigenvalue weighted by molar-refractivity contribution is 7.91. The van der Waals surface area contributed by atoms with Crippen LogP contribution in [0.1, 0.15) is 18.4 Å². The van der Waals surface area contributed by atoms with Crippen molar-refractivity contribution in [2.75, 3.05) is 25.7 Å². The Morgan fingerprint density at radius 2 is 1.97 bits per heavy atom. The summed E-state index contributed by atoms with van der Waals surface area (Å²) in [6.45, 7) is 0. The molecule has 0 saturated carbocycles. The number of halogens is 1. The number of aryl methyl sites for hydroxylation is 1. The van der Waals surface area contributed by atoms with E-state index in [2.05, 4.69) is 4.98 Å². The van der Waals surface area contributed by atoms with E-state index in [4.69, 9.17) is 4.74 Å². The number of aromatic nitrogens is 1. The lowest BCUT2D eigenvalue weighted by Crippen LogP contribution is -2.37. The Balaban J connectivity index is 1.61. The number of sulfone groups is 1. The first-order valence-electron chi connectivity index (χ1n) is 10.2. The summed E-state index contributed by atoms with van der Waals surface area (Å²) in [4.78, 5) is 17.7. The summed E-state index contributed by atoms with van der Waals surface area (Å²) in [7, 11) is 0.196. The minimum absolute atomic E-state index is 0.0185. The van der Waals surface area contributed by atoms with Crippen LogP contribution in [0, 0.1) is 5.82 Å². The fourth-order valence-corrected chi connectivity index (χ4v) is 5.95. The fraction of sp³-hybridized carbons (Fsp3) is 0.348. The second-order valence-electron chi connectivity index (χ2n) is 7.96. The normalized spacial score (nSPS) is 17.7. The van der Waals surface area contributed by atoms with Gasteiger partial charge in [-0.2, -0.15) is 0 Å². The summed E-state index contributed by atoms with van der Waals surface area (Å²) in [5.41, 5.74) is 3.41. The van der Waals surface area contributed by atoms with E-state index in [1.165, 1.54) is 12.1 Å². The van der Waals surface area contributed by atoms with Crippen LogP contribution in [0.2, 0.25) is 0 Å². The van der Waals surface area contributed by atoms with Gasteiger partial charge in [-0.05, 0) is 66.4 Å². The lowest BCUT2D eigenvalue weighted by atomic mass is 10.0. The molecule has 3 aromatic rings. The summed E-state index contributed by atoms with van der Waals surface area (Å²) in [6, 6.07) is 11.8. The maximum absolute atomic E-state index is 14.0. The largest absolute Gasteiger partial charge is 0.497 e. The number of carbonyl (C=O) groups is 1. The molecule has 0 aliphatic carbocycles. The monoisotopic (exact) mass is 444 g/mol. The predicted molar refractivity (Wildman–Crippen MR) is 118 cm³/mol. The number of ether oxygens (including phenoxy) is 1. The maximum atomic E-state index is 14.0. The topological polar surface area (TPSA) is 79.5 Å². The zero-order chi connectivity index (χ0) is 22.2. The van der Waals surface area contributed by atoms with Gasteiger partial charge in [0.2, 0.25) is 5.91 Å². The summed E-state index contributed by atoms with van der Waals surface area (Å²) in [6.07, 6.45) is 1.09. The molecule has 1 aliphatic heterocycles. The smallest absolute Gasteiger partial charge is 0.222 e. The lowest BCUT2D eigenvalue weighted by Gasteiger charge is -2.23. The van der Waals surface area contributed by atoms with E-state index in [0.717, 1.165) is 33.5 Å². The molecule has 164 valence electrons. The number of carbonyl (C=O) groups excluding carboxylic acids is 1. The minimum Gasteiger partial charge on any atom is -0.497 e. The minimum atomic E-state index is -3.07. The Morgan fingerprint density at radius 3 is 2.61 bits per heavy atom. The van der Waals surface area contributed by atoms with E-state index in [1.807, 2.05) is 24.3 Å². The Labute approximate surface area is 180 Å². The highest BCUT2D eigenvalue weighted by Gasteiger charge is 2.32. The SMILES string of the molecule is COc1ccc(-c2[nH]c3ccc(F)cc3c2CCC(=O)N(C)[C@H]2CCS(=O)(=O)C2)cc1. The van der Waals surface area contributed by atoms with Gasteiger partial charge in [-0.25, -0.2) is 12.8 Å². The van der Waals surface area contributed by atoms with Gasteiger partial charge >= 0.3 is 0 Å². The van der Waals surface area contributed by atoms with Crippen LogP contribution in [-0.4, -0.2) is 55.9 Å². The van der Waals surface area contributed by atoms with Crippen LogP contribution in [-0.2, 0) is 21.1 Å². The first-order valence-corrected chi connectivity index (χ1v) is 12.0. The molecular formula is C23H25FN2O4S. The van der Waals surface area contributed by atoms with Crippen LogP contribution in [0.3, 0.4) is 0 Å². The van der Waals surface area contributed by atoms with E-state index in [1.54, 1.807) is 25.1 Å². The molecule has 0 spiro atoms. The predicted octanol–water partition coefficient (Wildman–Crippen LogP) is 3.56. The van der Waals surface area contributed by atoms with Crippen LogP contribution >= 0.6 is 0 Å². The number of nitrogens with one attached hydrogen (secondary N) is 1. The van der Waals surface area contributed by atoms with Crippen molar-refractivity contribution in [3.8, 4) is 17.0 Å². The Morgan fingerprint density at radius 1 is 1.23 bits per heavy atom. The number of nitrogens with zero attached hydrogens (tertiary/aromatic N) is 1. The molecule has 1 atom stereocenters. The third kappa shape index (κ3) is 4.44. The third-order valence-electron chi connectivity index (χ3n) is 5.99. The summed E-state index contributed by atoms with van der Waals surface area (Å²) in [5.74, 6) is 0.418. The Bertz CT molecular complexity index is 1220. The summed E-state index contributed by atoms with van der Waals surface area (Å²) < 4.78 is 42.7. The first-order chi connectivity index (χ1) is 14.8. The lowest BCUT2D eigenvalue weighted by molar-refractivity contribution is -0.131. The van der Waals surface area contributed by atoms with Gasteiger partial charge in [-0.1, -0.05) is 0 Å². The van der Waals surface area contributed by atoms with Crippen LogP contribution in [0.15, 0.2) is 42.5 Å². The molecule has 1 saturated heterocycles. The molecule has 1 amide bonds. The number of rotatable bonds is 6. The van der Waals surface area contributed by atoms with Gasteiger partial charge in [-0.3, -0.25) is 4.79 Å². The molecule has 31 heavy (non-hydrogen) atoms. The maximum Gasteiger partial charge on any atom is 0.222 e. The van der Waals surface area contributed by atoms with Gasteiger partial charge in [0.1, 0.15) is 11.6 Å². The first kappa shape index (κ1) is 21.4. The summed E-state index contributed by atoms with van der Waals surface area (Å²) >= 11 is 0. The average molecular weight is 445 g/mol. The third-order valence-corrected chi connectivity index (χ3v) is 7.74. The molecule has 4 rings (SSSR count). The molecule has 8 heteroatoms. The van der Waals surface area contributed by atoms with Crippen molar-refractivity contribution in [1.82, 2.24) is 9.88 Å². The fourth-order valence-electron chi connectivity index (χ4n) is 4.18. The van der Waals surface area contributed by atoms with Crippen molar-refractivity contribution in [3.05, 3.63) is 53.8 Å². The second kappa shape index (κ2) is 8.34. The Hall–Kier alpha value is -2.87. The van der Waals surface area contributed by atoms with Crippen molar-refractivity contribution < 1.29 is 22.3 Å². The van der Waals surface area contributed by atoms with Gasteiger partial charge in [0.15, 0.2) is 9.84 Å². The van der Waals surface area contributed by atoms with Crippen molar-refractivity contribution in [2.24, 2.45) is 0 Å². The number of hydrogen-bond donors (Lipinski definition) is 1. The van der Waals surface area contributed by atoms with E-state index >= 15 is 0 Å². The van der Waals surface area contributed by atoms with Crippen molar-refractivity contribution in [3.63, 3.8) is 0 Å². The van der Waals surface area contributed by atoms with Crippen LogP contribution in [0.5, 0.6) is 5.75 Å². The van der Waals surface area contributed by atoms with Gasteiger partial charge in [0.25, 0.3) is 0 Å². The second-order valence-corrected chi connectivity index (χ2v) is 10.2. The zero-order valence-corrected chi connectivity index (χ0v) is 18.3. The van der Waals surface area contributed by atoms with Crippen LogP contribution in [0.4, 0.5) is 4.39 Å². The van der Waals surface area contributed by atoms with Crippen molar-refractivity contribution in [1.29, 1.82) is 0 Å². The highest BCUT2D eigenvalue weighted by Crippen LogP contribution is 2.33. The van der Waals surface area contributed by atoms with E-state index < -0.39 is 9.84 Å². The number of hydrogen-bond acceptors (Lipinski definition) is 4. The van der Waals surface area contributed by atoms with E-state index in [9.17, 15) is 17.6 Å². The number of amides is 1. The molecule has 1 N–H and O–H groups in total. The van der Waals surface area contributed by atoms with Crippen molar-refractivity contribution >= 4 is 26.6 Å². The molecule has 2 aromatic carbocycles. The standard InChI is InChI=1S/C23H25FN2O4S/c1-26(17-11-12-31(28,29)14-17)22(27)10-8-19-20-13-16(24)5-9-21(20)25-23(19)15-3-6-18(30-2)7-4-15/h3-7,9,13,17,25H,8,10-12,14H2,1-2H3/t17-/m0/s1. The Kier molecular flexibility index (Phi) is 5.75. The molecule has 0 bridgehead atoms. The number of fused-ring (bicyclic) bond motifs is 1. The molecule has 6 nitrogen and oxygen atoms in total. The number of H-pyrrole nitrogens is 1. The number of aromatic amines is 1. The van der Waals surface area contributed by atoms with Crippen molar-refractivity contribution in [2.45, 2.75) is 25.3 Å². The molecule has 2 heterocycles. The average Bonchev–Trinajstić information content (AvgIpc) is 3.30. The highest BCUT2D eigenvalue weighted by atomic mass is 32.2. The van der Waals surface area contributed by atoms with Gasteiger partial charge in [0.05, 0.1) is 18.6 Å². The number of benzene rings is 2. The quantitative estimate of drug-likeness (QED) is 0.631. The summed E-state index contributed by atoms with van der Waals surface area (Å²) in [5, 5.41) is 0.740. The van der Waals surface area contributed by atoms with E-state index in [0.29, 0.717) is 12.8 Å². The van der Waals surface area contributed by atoms with Gasteiger partial charge < -0.3 is 14.6 Å². The van der Waals surface area contributed by atoms with Crippen LogP contribution < -0.4 is 4.74 Å². The molecule has 0 radical (unpaired) electrons. The van der Waals surface area contributed by atoms with E-state index in [-0.39, 0.29) is 35.7 Å².